The molecule has 2 aromatic rings. The standard InChI is InChI=1S/C19H17ClN2O4/c1-11-15(12(2)22-19(25)16(11)9-21)7-8-18(24)26-10-17(23)13-3-5-14(20)6-4-13/h3-6H,7-8,10H2,1-2H3,(H,22,25). The number of ether oxygens (including phenoxy) is 1. The summed E-state index contributed by atoms with van der Waals surface area (Å²) in [5, 5.41) is 9.57. The number of aromatic nitrogens is 1. The summed E-state index contributed by atoms with van der Waals surface area (Å²) in [5.74, 6) is -0.853. The Labute approximate surface area is 155 Å². The first-order valence-electron chi connectivity index (χ1n) is 7.90. The molecule has 0 bridgehead atoms. The Morgan fingerprint density at radius 2 is 1.88 bits per heavy atom. The van der Waals surface area contributed by atoms with Crippen molar-refractivity contribution in [3.63, 3.8) is 0 Å². The number of ketones is 1. The minimum absolute atomic E-state index is 0.0342. The van der Waals surface area contributed by atoms with Crippen LogP contribution in [0.15, 0.2) is 29.1 Å². The highest BCUT2D eigenvalue weighted by atomic mass is 35.5. The number of hydrogen-bond donors (Lipinski definition) is 1. The van der Waals surface area contributed by atoms with Crippen LogP contribution in [0.25, 0.3) is 0 Å². The van der Waals surface area contributed by atoms with E-state index in [1.165, 1.54) is 0 Å². The maximum Gasteiger partial charge on any atom is 0.306 e. The molecule has 1 aromatic carbocycles. The number of carbonyl (C=O) groups is 2. The van der Waals surface area contributed by atoms with E-state index < -0.39 is 11.5 Å². The largest absolute Gasteiger partial charge is 0.457 e. The minimum Gasteiger partial charge on any atom is -0.457 e. The van der Waals surface area contributed by atoms with Gasteiger partial charge in [-0.05, 0) is 55.7 Å². The van der Waals surface area contributed by atoms with E-state index in [-0.39, 0.29) is 24.4 Å². The van der Waals surface area contributed by atoms with Gasteiger partial charge in [-0.1, -0.05) is 11.6 Å². The summed E-state index contributed by atoms with van der Waals surface area (Å²) in [5.41, 5.74) is 1.89. The van der Waals surface area contributed by atoms with Gasteiger partial charge in [0.15, 0.2) is 12.4 Å². The van der Waals surface area contributed by atoms with Gasteiger partial charge in [-0.15, -0.1) is 0 Å². The molecule has 0 unspecified atom stereocenters. The van der Waals surface area contributed by atoms with Crippen LogP contribution in [-0.2, 0) is 16.0 Å². The summed E-state index contributed by atoms with van der Waals surface area (Å²) >= 11 is 5.76. The van der Waals surface area contributed by atoms with Crippen LogP contribution in [-0.4, -0.2) is 23.3 Å². The molecular formula is C19H17ClN2O4. The van der Waals surface area contributed by atoms with Crippen LogP contribution >= 0.6 is 11.6 Å². The summed E-state index contributed by atoms with van der Waals surface area (Å²) in [7, 11) is 0. The Balaban J connectivity index is 1.95. The van der Waals surface area contributed by atoms with Gasteiger partial charge < -0.3 is 9.72 Å². The molecule has 0 saturated carbocycles. The number of esters is 1. The fourth-order valence-corrected chi connectivity index (χ4v) is 2.71. The van der Waals surface area contributed by atoms with Gasteiger partial charge in [0.25, 0.3) is 5.56 Å². The fraction of sp³-hybridized carbons (Fsp3) is 0.263. The smallest absolute Gasteiger partial charge is 0.306 e. The number of benzene rings is 1. The molecule has 0 fully saturated rings. The molecule has 0 aliphatic heterocycles. The number of nitriles is 1. The van der Waals surface area contributed by atoms with Gasteiger partial charge in [-0.2, -0.15) is 5.26 Å². The number of H-pyrrole nitrogens is 1. The Kier molecular flexibility index (Phi) is 6.31. The molecule has 134 valence electrons. The lowest BCUT2D eigenvalue weighted by atomic mass is 9.99. The molecule has 0 atom stereocenters. The lowest BCUT2D eigenvalue weighted by molar-refractivity contribution is -0.142. The average molecular weight is 373 g/mol. The first-order valence-corrected chi connectivity index (χ1v) is 8.28. The van der Waals surface area contributed by atoms with Crippen molar-refractivity contribution in [2.75, 3.05) is 6.61 Å². The van der Waals surface area contributed by atoms with Gasteiger partial charge in [0, 0.05) is 22.7 Å². The van der Waals surface area contributed by atoms with Crippen molar-refractivity contribution >= 4 is 23.4 Å². The number of pyridine rings is 1. The van der Waals surface area contributed by atoms with Gasteiger partial charge in [0.2, 0.25) is 0 Å². The van der Waals surface area contributed by atoms with E-state index in [4.69, 9.17) is 21.6 Å². The Bertz CT molecular complexity index is 940. The summed E-state index contributed by atoms with van der Waals surface area (Å²) in [6.07, 6.45) is 0.337. The number of carbonyl (C=O) groups excluding carboxylic acids is 2. The highest BCUT2D eigenvalue weighted by molar-refractivity contribution is 6.30. The minimum atomic E-state index is -0.532. The van der Waals surface area contributed by atoms with Crippen molar-refractivity contribution in [3.05, 3.63) is 67.6 Å². The van der Waals surface area contributed by atoms with E-state index in [1.54, 1.807) is 38.1 Å². The highest BCUT2D eigenvalue weighted by Crippen LogP contribution is 2.15. The molecule has 6 nitrogen and oxygen atoms in total. The third kappa shape index (κ3) is 4.58. The average Bonchev–Trinajstić information content (AvgIpc) is 2.60. The van der Waals surface area contributed by atoms with Crippen molar-refractivity contribution in [1.82, 2.24) is 4.98 Å². The maximum atomic E-state index is 12.0. The van der Waals surface area contributed by atoms with E-state index >= 15 is 0 Å². The lowest BCUT2D eigenvalue weighted by Gasteiger charge is -2.10. The van der Waals surface area contributed by atoms with Crippen LogP contribution in [0.3, 0.4) is 0 Å². The second kappa shape index (κ2) is 8.45. The normalized spacial score (nSPS) is 10.2. The first-order chi connectivity index (χ1) is 12.3. The molecule has 26 heavy (non-hydrogen) atoms. The Morgan fingerprint density at radius 1 is 1.23 bits per heavy atom. The fourth-order valence-electron chi connectivity index (χ4n) is 2.58. The number of Topliss-reactive ketones (excluding diaryl/α,β-unsaturated/α-hetero) is 1. The molecule has 1 N–H and O–H groups in total. The van der Waals surface area contributed by atoms with Crippen LogP contribution in [0, 0.1) is 25.2 Å². The zero-order valence-electron chi connectivity index (χ0n) is 14.4. The van der Waals surface area contributed by atoms with Crippen LogP contribution in [0.4, 0.5) is 0 Å². The predicted octanol–water partition coefficient (Wildman–Crippen LogP) is 2.88. The van der Waals surface area contributed by atoms with Gasteiger partial charge in [-0.3, -0.25) is 14.4 Å². The van der Waals surface area contributed by atoms with Gasteiger partial charge in [0.1, 0.15) is 11.6 Å². The van der Waals surface area contributed by atoms with E-state index in [1.807, 2.05) is 6.07 Å². The SMILES string of the molecule is Cc1[nH]c(=O)c(C#N)c(C)c1CCC(=O)OCC(=O)c1ccc(Cl)cc1. The summed E-state index contributed by atoms with van der Waals surface area (Å²) < 4.78 is 5.01. The molecule has 0 spiro atoms. The summed E-state index contributed by atoms with van der Waals surface area (Å²) in [6, 6.07) is 8.17. The van der Waals surface area contributed by atoms with Crippen LogP contribution in [0.1, 0.15) is 39.2 Å². The zero-order valence-corrected chi connectivity index (χ0v) is 15.1. The quantitative estimate of drug-likeness (QED) is 0.620. The third-order valence-electron chi connectivity index (χ3n) is 4.03. The molecule has 0 saturated heterocycles. The van der Waals surface area contributed by atoms with Crippen molar-refractivity contribution in [1.29, 1.82) is 5.26 Å². The molecular weight excluding hydrogens is 356 g/mol. The van der Waals surface area contributed by atoms with E-state index in [0.29, 0.717) is 28.3 Å². The van der Waals surface area contributed by atoms with E-state index in [9.17, 15) is 14.4 Å². The van der Waals surface area contributed by atoms with Crippen molar-refractivity contribution in [3.8, 4) is 6.07 Å². The topological polar surface area (TPSA) is 100 Å². The second-order valence-corrected chi connectivity index (χ2v) is 6.20. The number of aryl methyl sites for hydroxylation is 1. The molecule has 0 aliphatic rings. The Morgan fingerprint density at radius 3 is 2.50 bits per heavy atom. The highest BCUT2D eigenvalue weighted by Gasteiger charge is 2.15. The van der Waals surface area contributed by atoms with E-state index in [0.717, 1.165) is 5.56 Å². The molecule has 2 rings (SSSR count). The number of rotatable bonds is 6. The molecule has 0 amide bonds. The van der Waals surface area contributed by atoms with Crippen molar-refractivity contribution < 1.29 is 14.3 Å². The third-order valence-corrected chi connectivity index (χ3v) is 4.28. The van der Waals surface area contributed by atoms with Gasteiger partial charge in [-0.25, -0.2) is 0 Å². The lowest BCUT2D eigenvalue weighted by Crippen LogP contribution is -2.18. The molecule has 7 heteroatoms. The zero-order chi connectivity index (χ0) is 19.3. The number of nitrogens with zero attached hydrogens (tertiary/aromatic N) is 1. The Hall–Kier alpha value is -2.91. The van der Waals surface area contributed by atoms with Gasteiger partial charge in [0.05, 0.1) is 0 Å². The van der Waals surface area contributed by atoms with Crippen LogP contribution in [0.2, 0.25) is 5.02 Å². The van der Waals surface area contributed by atoms with Crippen LogP contribution in [0.5, 0.6) is 0 Å². The molecule has 1 aromatic heterocycles. The number of hydrogen-bond acceptors (Lipinski definition) is 5. The second-order valence-electron chi connectivity index (χ2n) is 5.76. The predicted molar refractivity (Wildman–Crippen MR) is 96.3 cm³/mol. The van der Waals surface area contributed by atoms with Crippen molar-refractivity contribution in [2.24, 2.45) is 0 Å². The number of aromatic amines is 1. The van der Waals surface area contributed by atoms with Crippen molar-refractivity contribution in [2.45, 2.75) is 26.7 Å². The molecule has 0 radical (unpaired) electrons. The monoisotopic (exact) mass is 372 g/mol. The number of halogens is 1. The van der Waals surface area contributed by atoms with Gasteiger partial charge >= 0.3 is 5.97 Å². The maximum absolute atomic E-state index is 12.0. The molecule has 0 aliphatic carbocycles. The molecule has 1 heterocycles. The van der Waals surface area contributed by atoms with E-state index in [2.05, 4.69) is 4.98 Å². The first kappa shape index (κ1) is 19.4. The number of nitrogens with one attached hydrogen (secondary N) is 1. The summed E-state index contributed by atoms with van der Waals surface area (Å²) in [4.78, 5) is 38.2. The summed E-state index contributed by atoms with van der Waals surface area (Å²) in [6.45, 7) is 3.03. The van der Waals surface area contributed by atoms with Crippen LogP contribution < -0.4 is 5.56 Å².